The van der Waals surface area contributed by atoms with E-state index in [4.69, 9.17) is 4.74 Å². The summed E-state index contributed by atoms with van der Waals surface area (Å²) in [5.74, 6) is 0.866. The number of pyridine rings is 1. The van der Waals surface area contributed by atoms with Crippen molar-refractivity contribution in [2.45, 2.75) is 16.8 Å². The molecule has 1 aromatic carbocycles. The molecule has 2 rings (SSSR count). The Labute approximate surface area is 114 Å². The minimum Gasteiger partial charge on any atom is -0.497 e. The SMILES string of the molecule is COc1ccc(Sc2nccc(C)c2Br)cc1. The van der Waals surface area contributed by atoms with Crippen LogP contribution in [-0.4, -0.2) is 12.1 Å². The molecule has 0 bridgehead atoms. The van der Waals surface area contributed by atoms with Crippen molar-refractivity contribution >= 4 is 27.7 Å². The normalized spacial score (nSPS) is 10.3. The van der Waals surface area contributed by atoms with Gasteiger partial charge in [-0.1, -0.05) is 11.8 Å². The van der Waals surface area contributed by atoms with E-state index in [1.807, 2.05) is 36.5 Å². The van der Waals surface area contributed by atoms with Crippen molar-refractivity contribution < 1.29 is 4.74 Å². The third-order valence-electron chi connectivity index (χ3n) is 2.32. The number of rotatable bonds is 3. The third kappa shape index (κ3) is 3.01. The number of hydrogen-bond acceptors (Lipinski definition) is 3. The lowest BCUT2D eigenvalue weighted by atomic mass is 10.3. The van der Waals surface area contributed by atoms with Crippen LogP contribution in [0.5, 0.6) is 5.75 Å². The summed E-state index contributed by atoms with van der Waals surface area (Å²) >= 11 is 5.19. The second-order valence-corrected chi connectivity index (χ2v) is 5.38. The second kappa shape index (κ2) is 5.56. The number of aromatic nitrogens is 1. The maximum Gasteiger partial charge on any atom is 0.118 e. The van der Waals surface area contributed by atoms with Crippen molar-refractivity contribution in [2.24, 2.45) is 0 Å². The summed E-state index contributed by atoms with van der Waals surface area (Å²) in [5.41, 5.74) is 1.19. The molecule has 0 aliphatic carbocycles. The molecule has 2 aromatic rings. The van der Waals surface area contributed by atoms with Crippen molar-refractivity contribution in [3.8, 4) is 5.75 Å². The third-order valence-corrected chi connectivity index (χ3v) is 4.60. The summed E-state index contributed by atoms with van der Waals surface area (Å²) in [4.78, 5) is 5.50. The molecule has 88 valence electrons. The standard InChI is InChI=1S/C13H12BrNOS/c1-9-7-8-15-13(12(9)14)17-11-5-3-10(16-2)4-6-11/h3-8H,1-2H3. The Kier molecular flexibility index (Phi) is 4.07. The van der Waals surface area contributed by atoms with E-state index in [1.165, 1.54) is 5.56 Å². The van der Waals surface area contributed by atoms with Gasteiger partial charge in [-0.15, -0.1) is 0 Å². The van der Waals surface area contributed by atoms with Gasteiger partial charge < -0.3 is 4.74 Å². The molecule has 0 spiro atoms. The first-order valence-electron chi connectivity index (χ1n) is 5.13. The summed E-state index contributed by atoms with van der Waals surface area (Å²) in [6.45, 7) is 2.06. The van der Waals surface area contributed by atoms with Gasteiger partial charge in [0.2, 0.25) is 0 Å². The predicted molar refractivity (Wildman–Crippen MR) is 73.8 cm³/mol. The maximum atomic E-state index is 5.13. The van der Waals surface area contributed by atoms with E-state index in [9.17, 15) is 0 Å². The van der Waals surface area contributed by atoms with Crippen LogP contribution in [0.1, 0.15) is 5.56 Å². The predicted octanol–water partition coefficient (Wildman–Crippen LogP) is 4.31. The zero-order chi connectivity index (χ0) is 12.3. The molecule has 0 aliphatic heterocycles. The van der Waals surface area contributed by atoms with Crippen LogP contribution in [0.2, 0.25) is 0 Å². The Morgan fingerprint density at radius 3 is 2.53 bits per heavy atom. The zero-order valence-electron chi connectivity index (χ0n) is 9.61. The van der Waals surface area contributed by atoms with Gasteiger partial charge in [0, 0.05) is 11.1 Å². The molecule has 4 heteroatoms. The smallest absolute Gasteiger partial charge is 0.118 e. The number of aryl methyl sites for hydroxylation is 1. The van der Waals surface area contributed by atoms with Crippen LogP contribution in [0.25, 0.3) is 0 Å². The summed E-state index contributed by atoms with van der Waals surface area (Å²) in [7, 11) is 1.67. The van der Waals surface area contributed by atoms with Crippen LogP contribution in [0, 0.1) is 6.92 Å². The fourth-order valence-corrected chi connectivity index (χ4v) is 2.68. The van der Waals surface area contributed by atoms with E-state index in [0.717, 1.165) is 20.1 Å². The van der Waals surface area contributed by atoms with Crippen LogP contribution in [-0.2, 0) is 0 Å². The summed E-state index contributed by atoms with van der Waals surface area (Å²) in [6, 6.07) is 9.94. The van der Waals surface area contributed by atoms with Gasteiger partial charge in [-0.05, 0) is 58.7 Å². The Balaban J connectivity index is 2.22. The summed E-state index contributed by atoms with van der Waals surface area (Å²) < 4.78 is 6.18. The quantitative estimate of drug-likeness (QED) is 0.843. The van der Waals surface area contributed by atoms with Crippen LogP contribution in [0.4, 0.5) is 0 Å². The van der Waals surface area contributed by atoms with Crippen LogP contribution in [0.15, 0.2) is 50.9 Å². The van der Waals surface area contributed by atoms with E-state index in [1.54, 1.807) is 18.9 Å². The van der Waals surface area contributed by atoms with E-state index in [-0.39, 0.29) is 0 Å². The van der Waals surface area contributed by atoms with E-state index < -0.39 is 0 Å². The fraction of sp³-hybridized carbons (Fsp3) is 0.154. The van der Waals surface area contributed by atoms with Crippen molar-refractivity contribution in [1.82, 2.24) is 4.98 Å². The van der Waals surface area contributed by atoms with Crippen molar-refractivity contribution in [3.05, 3.63) is 46.6 Å². The zero-order valence-corrected chi connectivity index (χ0v) is 12.0. The molecular weight excluding hydrogens is 298 g/mol. The van der Waals surface area contributed by atoms with E-state index in [0.29, 0.717) is 0 Å². The van der Waals surface area contributed by atoms with Gasteiger partial charge in [-0.3, -0.25) is 0 Å². The molecule has 0 atom stereocenters. The molecule has 0 amide bonds. The number of methoxy groups -OCH3 is 1. The first-order valence-corrected chi connectivity index (χ1v) is 6.74. The van der Waals surface area contributed by atoms with Gasteiger partial charge in [-0.25, -0.2) is 4.98 Å². The number of ether oxygens (including phenoxy) is 1. The second-order valence-electron chi connectivity index (χ2n) is 3.52. The Bertz CT molecular complexity index is 513. The van der Waals surface area contributed by atoms with Gasteiger partial charge in [0.15, 0.2) is 0 Å². The van der Waals surface area contributed by atoms with E-state index in [2.05, 4.69) is 27.8 Å². The molecular formula is C13H12BrNOS. The number of hydrogen-bond donors (Lipinski definition) is 0. The molecule has 1 aromatic heterocycles. The first-order chi connectivity index (χ1) is 8.20. The molecule has 0 unspecified atom stereocenters. The molecule has 0 N–H and O–H groups in total. The average molecular weight is 310 g/mol. The Morgan fingerprint density at radius 1 is 1.18 bits per heavy atom. The van der Waals surface area contributed by atoms with Gasteiger partial charge >= 0.3 is 0 Å². The van der Waals surface area contributed by atoms with Crippen LogP contribution >= 0.6 is 27.7 Å². The number of benzene rings is 1. The molecule has 1 heterocycles. The molecule has 0 aliphatic rings. The van der Waals surface area contributed by atoms with Gasteiger partial charge in [0.1, 0.15) is 10.8 Å². The average Bonchev–Trinajstić information content (AvgIpc) is 2.36. The maximum absolute atomic E-state index is 5.13. The van der Waals surface area contributed by atoms with Crippen molar-refractivity contribution in [3.63, 3.8) is 0 Å². The Morgan fingerprint density at radius 2 is 1.88 bits per heavy atom. The van der Waals surface area contributed by atoms with Gasteiger partial charge in [-0.2, -0.15) is 0 Å². The minimum absolute atomic E-state index is 0.866. The highest BCUT2D eigenvalue weighted by Gasteiger charge is 2.06. The molecule has 0 saturated heterocycles. The summed E-state index contributed by atoms with van der Waals surface area (Å²) in [6.07, 6.45) is 1.83. The number of halogens is 1. The molecule has 0 radical (unpaired) electrons. The van der Waals surface area contributed by atoms with Gasteiger partial charge in [0.05, 0.1) is 11.6 Å². The lowest BCUT2D eigenvalue weighted by molar-refractivity contribution is 0.414. The van der Waals surface area contributed by atoms with Crippen LogP contribution < -0.4 is 4.74 Å². The highest BCUT2D eigenvalue weighted by Crippen LogP contribution is 2.33. The van der Waals surface area contributed by atoms with Crippen LogP contribution in [0.3, 0.4) is 0 Å². The minimum atomic E-state index is 0.866. The molecule has 0 saturated carbocycles. The highest BCUT2D eigenvalue weighted by molar-refractivity contribution is 9.10. The van der Waals surface area contributed by atoms with E-state index >= 15 is 0 Å². The fourth-order valence-electron chi connectivity index (χ4n) is 1.34. The first kappa shape index (κ1) is 12.5. The molecule has 2 nitrogen and oxygen atoms in total. The molecule has 17 heavy (non-hydrogen) atoms. The summed E-state index contributed by atoms with van der Waals surface area (Å²) in [5, 5.41) is 0.982. The Hall–Kier alpha value is -1.00. The molecule has 0 fully saturated rings. The van der Waals surface area contributed by atoms with Crippen molar-refractivity contribution in [1.29, 1.82) is 0 Å². The largest absolute Gasteiger partial charge is 0.497 e. The topological polar surface area (TPSA) is 22.1 Å². The monoisotopic (exact) mass is 309 g/mol. The lowest BCUT2D eigenvalue weighted by Crippen LogP contribution is -1.85. The number of nitrogens with zero attached hydrogens (tertiary/aromatic N) is 1. The lowest BCUT2D eigenvalue weighted by Gasteiger charge is -2.06. The van der Waals surface area contributed by atoms with Gasteiger partial charge in [0.25, 0.3) is 0 Å². The highest BCUT2D eigenvalue weighted by atomic mass is 79.9. The van der Waals surface area contributed by atoms with Crippen molar-refractivity contribution in [2.75, 3.05) is 7.11 Å².